The van der Waals surface area contributed by atoms with Crippen LogP contribution < -0.4 is 10.6 Å². The molecule has 1 aliphatic rings. The quantitative estimate of drug-likeness (QED) is 0.521. The lowest BCUT2D eigenvalue weighted by molar-refractivity contribution is -0.143. The van der Waals surface area contributed by atoms with Gasteiger partial charge in [-0.1, -0.05) is 19.3 Å². The third-order valence-electron chi connectivity index (χ3n) is 4.29. The first-order chi connectivity index (χ1) is 11.6. The molecule has 1 saturated carbocycles. The Kier molecular flexibility index (Phi) is 6.84. The number of aliphatic carboxylic acids is 1. The second-order valence-electron chi connectivity index (χ2n) is 6.09. The maximum Gasteiger partial charge on any atom is 0.308 e. The van der Waals surface area contributed by atoms with Gasteiger partial charge in [-0.2, -0.15) is 0 Å². The molecule has 1 fully saturated rings. The number of amides is 2. The minimum absolute atomic E-state index is 0.166. The van der Waals surface area contributed by atoms with Crippen molar-refractivity contribution in [2.45, 2.75) is 51.0 Å². The molecule has 0 radical (unpaired) electrons. The van der Waals surface area contributed by atoms with Crippen molar-refractivity contribution in [2.24, 2.45) is 5.92 Å². The van der Waals surface area contributed by atoms with Crippen LogP contribution in [0.5, 0.6) is 0 Å². The molecule has 0 aliphatic heterocycles. The summed E-state index contributed by atoms with van der Waals surface area (Å²) in [5, 5.41) is 14.8. The van der Waals surface area contributed by atoms with Gasteiger partial charge < -0.3 is 20.2 Å². The molecule has 0 aromatic carbocycles. The number of carbonyl (C=O) groups excluding carboxylic acids is 2. The average Bonchev–Trinajstić information content (AvgIpc) is 2.98. The molecule has 3 N–H and O–H groups in total. The Balaban J connectivity index is 1.70. The number of nitrogens with one attached hydrogen (secondary N) is 2. The molecule has 1 aromatic rings. The molecule has 24 heavy (non-hydrogen) atoms. The van der Waals surface area contributed by atoms with Gasteiger partial charge in [-0.05, 0) is 31.4 Å². The van der Waals surface area contributed by atoms with Crippen molar-refractivity contribution in [3.63, 3.8) is 0 Å². The molecule has 1 aliphatic carbocycles. The van der Waals surface area contributed by atoms with E-state index in [1.165, 1.54) is 6.26 Å². The fourth-order valence-corrected chi connectivity index (χ4v) is 3.00. The highest BCUT2D eigenvalue weighted by molar-refractivity contribution is 5.91. The third-order valence-corrected chi connectivity index (χ3v) is 4.29. The summed E-state index contributed by atoms with van der Waals surface area (Å²) in [5.74, 6) is -1.58. The lowest BCUT2D eigenvalue weighted by Crippen LogP contribution is -2.43. The number of carbonyl (C=O) groups is 3. The Bertz CT molecular complexity index is 555. The predicted molar refractivity (Wildman–Crippen MR) is 86.4 cm³/mol. The van der Waals surface area contributed by atoms with Crippen LogP contribution in [0.3, 0.4) is 0 Å². The fourth-order valence-electron chi connectivity index (χ4n) is 3.00. The molecule has 1 heterocycles. The normalized spacial score (nSPS) is 20.8. The van der Waals surface area contributed by atoms with E-state index in [-0.39, 0.29) is 30.0 Å². The first-order valence-corrected chi connectivity index (χ1v) is 8.42. The van der Waals surface area contributed by atoms with Crippen LogP contribution in [-0.2, 0) is 9.59 Å². The highest BCUT2D eigenvalue weighted by Gasteiger charge is 2.30. The van der Waals surface area contributed by atoms with E-state index in [0.29, 0.717) is 25.8 Å². The van der Waals surface area contributed by atoms with Crippen molar-refractivity contribution < 1.29 is 23.9 Å². The fraction of sp³-hybridized carbons (Fsp3) is 0.588. The van der Waals surface area contributed by atoms with E-state index >= 15 is 0 Å². The van der Waals surface area contributed by atoms with Gasteiger partial charge in [0.25, 0.3) is 5.91 Å². The van der Waals surface area contributed by atoms with Crippen molar-refractivity contribution in [2.75, 3.05) is 6.54 Å². The molecule has 7 nitrogen and oxygen atoms in total. The zero-order valence-corrected chi connectivity index (χ0v) is 13.6. The van der Waals surface area contributed by atoms with E-state index in [1.807, 2.05) is 0 Å². The van der Waals surface area contributed by atoms with Gasteiger partial charge in [0.15, 0.2) is 5.76 Å². The lowest BCUT2D eigenvalue weighted by Gasteiger charge is -2.22. The van der Waals surface area contributed by atoms with Crippen molar-refractivity contribution in [3.8, 4) is 0 Å². The minimum atomic E-state index is -0.840. The molecule has 0 spiro atoms. The molecule has 132 valence electrons. The first-order valence-electron chi connectivity index (χ1n) is 8.42. The van der Waals surface area contributed by atoms with Crippen molar-refractivity contribution in [3.05, 3.63) is 24.2 Å². The van der Waals surface area contributed by atoms with Crippen LogP contribution >= 0.6 is 0 Å². The second-order valence-corrected chi connectivity index (χ2v) is 6.09. The van der Waals surface area contributed by atoms with E-state index < -0.39 is 11.9 Å². The maximum atomic E-state index is 12.0. The van der Waals surface area contributed by atoms with Crippen LogP contribution in [0, 0.1) is 5.92 Å². The van der Waals surface area contributed by atoms with Crippen LogP contribution in [0.25, 0.3) is 0 Å². The molecular weight excluding hydrogens is 312 g/mol. The zero-order chi connectivity index (χ0) is 17.4. The molecule has 0 bridgehead atoms. The van der Waals surface area contributed by atoms with Crippen LogP contribution in [0.2, 0.25) is 0 Å². The highest BCUT2D eigenvalue weighted by Crippen LogP contribution is 2.23. The number of furan rings is 1. The molecular formula is C17H24N2O5. The van der Waals surface area contributed by atoms with Gasteiger partial charge in [0, 0.05) is 19.0 Å². The Morgan fingerprint density at radius 1 is 1.21 bits per heavy atom. The topological polar surface area (TPSA) is 109 Å². The summed E-state index contributed by atoms with van der Waals surface area (Å²) < 4.78 is 4.97. The van der Waals surface area contributed by atoms with Crippen LogP contribution in [0.4, 0.5) is 0 Å². The highest BCUT2D eigenvalue weighted by atomic mass is 16.4. The Hall–Kier alpha value is -2.31. The van der Waals surface area contributed by atoms with Gasteiger partial charge in [-0.3, -0.25) is 14.4 Å². The second kappa shape index (κ2) is 9.10. The molecule has 2 amide bonds. The maximum absolute atomic E-state index is 12.0. The van der Waals surface area contributed by atoms with Crippen molar-refractivity contribution in [1.29, 1.82) is 0 Å². The van der Waals surface area contributed by atoms with E-state index in [9.17, 15) is 19.5 Å². The lowest BCUT2D eigenvalue weighted by atomic mass is 9.94. The number of carboxylic acid groups (broad SMARTS) is 1. The van der Waals surface area contributed by atoms with Crippen molar-refractivity contribution in [1.82, 2.24) is 10.6 Å². The molecule has 2 rings (SSSR count). The molecule has 7 heteroatoms. The largest absolute Gasteiger partial charge is 0.481 e. The zero-order valence-electron chi connectivity index (χ0n) is 13.6. The number of hydrogen-bond donors (Lipinski definition) is 3. The summed E-state index contributed by atoms with van der Waals surface area (Å²) in [6.45, 7) is 0.361. The summed E-state index contributed by atoms with van der Waals surface area (Å²) >= 11 is 0. The molecule has 2 unspecified atom stereocenters. The number of carboxylic acids is 1. The number of rotatable bonds is 7. The van der Waals surface area contributed by atoms with E-state index in [1.54, 1.807) is 12.1 Å². The van der Waals surface area contributed by atoms with Crippen LogP contribution in [-0.4, -0.2) is 35.5 Å². The van der Waals surface area contributed by atoms with Crippen LogP contribution in [0.1, 0.15) is 55.5 Å². The van der Waals surface area contributed by atoms with Crippen molar-refractivity contribution >= 4 is 17.8 Å². The molecule has 2 atom stereocenters. The summed E-state index contributed by atoms with van der Waals surface area (Å²) in [5.41, 5.74) is 0. The Morgan fingerprint density at radius 3 is 2.71 bits per heavy atom. The third kappa shape index (κ3) is 5.40. The first kappa shape index (κ1) is 18.0. The Labute approximate surface area is 140 Å². The van der Waals surface area contributed by atoms with Gasteiger partial charge in [-0.25, -0.2) is 0 Å². The van der Waals surface area contributed by atoms with Gasteiger partial charge in [-0.15, -0.1) is 0 Å². The summed E-state index contributed by atoms with van der Waals surface area (Å²) in [6.07, 6.45) is 6.32. The minimum Gasteiger partial charge on any atom is -0.481 e. The molecule has 0 saturated heterocycles. The average molecular weight is 336 g/mol. The molecule has 1 aromatic heterocycles. The summed E-state index contributed by atoms with van der Waals surface area (Å²) in [4.78, 5) is 35.0. The monoisotopic (exact) mass is 336 g/mol. The Morgan fingerprint density at radius 2 is 2.00 bits per heavy atom. The van der Waals surface area contributed by atoms with E-state index in [4.69, 9.17) is 4.42 Å². The van der Waals surface area contributed by atoms with Gasteiger partial charge in [0.05, 0.1) is 12.2 Å². The van der Waals surface area contributed by atoms with Gasteiger partial charge in [0.1, 0.15) is 0 Å². The predicted octanol–water partition coefficient (Wildman–Crippen LogP) is 1.94. The summed E-state index contributed by atoms with van der Waals surface area (Å²) in [7, 11) is 0. The smallest absolute Gasteiger partial charge is 0.308 e. The van der Waals surface area contributed by atoms with E-state index in [0.717, 1.165) is 19.3 Å². The SMILES string of the molecule is O=C(CCCNC(=O)c1ccco1)NC1CCCCCC1C(=O)O. The standard InChI is InChI=1S/C17H24N2O5/c20-15(9-4-10-18-16(21)14-8-5-11-24-14)19-13-7-3-1-2-6-12(13)17(22)23/h5,8,11-13H,1-4,6-7,9-10H2,(H,18,21)(H,19,20)(H,22,23). The summed E-state index contributed by atoms with van der Waals surface area (Å²) in [6, 6.07) is 2.91. The number of hydrogen-bond acceptors (Lipinski definition) is 4. The van der Waals surface area contributed by atoms with E-state index in [2.05, 4.69) is 10.6 Å². The van der Waals surface area contributed by atoms with Crippen LogP contribution in [0.15, 0.2) is 22.8 Å². The van der Waals surface area contributed by atoms with Gasteiger partial charge >= 0.3 is 5.97 Å². The van der Waals surface area contributed by atoms with Gasteiger partial charge in [0.2, 0.25) is 5.91 Å².